The number of halogens is 1. The Balaban J connectivity index is 1.89. The molecule has 0 spiro atoms. The summed E-state index contributed by atoms with van der Waals surface area (Å²) in [4.78, 5) is 13.7. The molecule has 2 aliphatic rings. The smallest absolute Gasteiger partial charge is 0.192 e. The molecule has 2 saturated heterocycles. The van der Waals surface area contributed by atoms with Gasteiger partial charge in [0, 0.05) is 35.2 Å². The third-order valence-corrected chi connectivity index (χ3v) is 4.20. The number of nitrogens with zero attached hydrogens (tertiary/aromatic N) is 4. The number of morpholine rings is 1. The van der Waals surface area contributed by atoms with Gasteiger partial charge in [0.15, 0.2) is 3.83 Å². The summed E-state index contributed by atoms with van der Waals surface area (Å²) in [6.07, 6.45) is 2.43. The van der Waals surface area contributed by atoms with Gasteiger partial charge >= 0.3 is 0 Å². The number of aromatic nitrogens is 2. The van der Waals surface area contributed by atoms with E-state index in [0.29, 0.717) is 12.1 Å². The molecule has 2 aliphatic heterocycles. The van der Waals surface area contributed by atoms with E-state index in [1.165, 1.54) is 12.8 Å². The Bertz CT molecular complexity index is 452. The van der Waals surface area contributed by atoms with Crippen molar-refractivity contribution in [1.82, 2.24) is 14.9 Å². The van der Waals surface area contributed by atoms with Crippen LogP contribution >= 0.6 is 22.6 Å². The SMILES string of the molecule is CN(C)Cc1cc(N2C3CCC2COC3)nc(I)n1. The van der Waals surface area contributed by atoms with Gasteiger partial charge in [-0.2, -0.15) is 0 Å². The van der Waals surface area contributed by atoms with E-state index in [1.807, 2.05) is 0 Å². The predicted molar refractivity (Wildman–Crippen MR) is 82.2 cm³/mol. The van der Waals surface area contributed by atoms with E-state index < -0.39 is 0 Å². The van der Waals surface area contributed by atoms with Crippen LogP contribution in [0.1, 0.15) is 18.5 Å². The van der Waals surface area contributed by atoms with Crippen molar-refractivity contribution in [3.8, 4) is 0 Å². The number of ether oxygens (including phenoxy) is 1. The van der Waals surface area contributed by atoms with Gasteiger partial charge < -0.3 is 14.5 Å². The first-order valence-corrected chi connectivity index (χ1v) is 7.75. The monoisotopic (exact) mass is 374 g/mol. The van der Waals surface area contributed by atoms with Crippen LogP contribution in [0.2, 0.25) is 0 Å². The second-order valence-corrected chi connectivity index (χ2v) is 6.52. The third-order valence-electron chi connectivity index (χ3n) is 3.72. The number of rotatable bonds is 3. The first-order valence-electron chi connectivity index (χ1n) is 6.68. The van der Waals surface area contributed by atoms with E-state index in [-0.39, 0.29) is 0 Å². The normalized spacial score (nSPS) is 26.2. The minimum absolute atomic E-state index is 0.497. The molecule has 0 saturated carbocycles. The average Bonchev–Trinajstić information content (AvgIpc) is 2.58. The van der Waals surface area contributed by atoms with Crippen LogP contribution in [0.4, 0.5) is 5.82 Å². The lowest BCUT2D eigenvalue weighted by atomic mass is 10.2. The van der Waals surface area contributed by atoms with Gasteiger partial charge in [-0.3, -0.25) is 0 Å². The summed E-state index contributed by atoms with van der Waals surface area (Å²) in [5.41, 5.74) is 1.09. The van der Waals surface area contributed by atoms with Gasteiger partial charge in [0.1, 0.15) is 5.82 Å². The summed E-state index contributed by atoms with van der Waals surface area (Å²) in [6.45, 7) is 2.52. The van der Waals surface area contributed by atoms with Gasteiger partial charge in [0.25, 0.3) is 0 Å². The van der Waals surface area contributed by atoms with Crippen molar-refractivity contribution in [3.05, 3.63) is 15.6 Å². The zero-order valence-corrected chi connectivity index (χ0v) is 13.5. The van der Waals surface area contributed by atoms with E-state index in [9.17, 15) is 0 Å². The number of anilines is 1. The molecule has 19 heavy (non-hydrogen) atoms. The summed E-state index contributed by atoms with van der Waals surface area (Å²) >= 11 is 2.21. The van der Waals surface area contributed by atoms with Crippen LogP contribution in [0.5, 0.6) is 0 Å². The third kappa shape index (κ3) is 2.85. The molecule has 5 nitrogen and oxygen atoms in total. The van der Waals surface area contributed by atoms with Gasteiger partial charge in [0.2, 0.25) is 0 Å². The molecule has 0 amide bonds. The molecular formula is C13H19IN4O. The molecule has 0 N–H and O–H groups in total. The molecule has 3 rings (SSSR count). The van der Waals surface area contributed by atoms with Crippen LogP contribution in [0.15, 0.2) is 6.07 Å². The van der Waals surface area contributed by atoms with Crippen LogP contribution in [0, 0.1) is 3.83 Å². The van der Waals surface area contributed by atoms with Crippen molar-refractivity contribution in [2.75, 3.05) is 32.2 Å². The topological polar surface area (TPSA) is 41.5 Å². The van der Waals surface area contributed by atoms with E-state index >= 15 is 0 Å². The lowest BCUT2D eigenvalue weighted by molar-refractivity contribution is 0.0901. The Morgan fingerprint density at radius 2 is 2.00 bits per heavy atom. The highest BCUT2D eigenvalue weighted by Gasteiger charge is 2.38. The highest BCUT2D eigenvalue weighted by molar-refractivity contribution is 14.1. The van der Waals surface area contributed by atoms with E-state index in [0.717, 1.165) is 35.1 Å². The van der Waals surface area contributed by atoms with Crippen LogP contribution in [0.25, 0.3) is 0 Å². The van der Waals surface area contributed by atoms with Gasteiger partial charge in [-0.1, -0.05) is 0 Å². The lowest BCUT2D eigenvalue weighted by Gasteiger charge is -2.35. The summed E-state index contributed by atoms with van der Waals surface area (Å²) in [5.74, 6) is 1.08. The van der Waals surface area contributed by atoms with Gasteiger partial charge in [-0.05, 0) is 26.9 Å². The first kappa shape index (κ1) is 13.5. The number of hydrogen-bond donors (Lipinski definition) is 0. The molecule has 2 fully saturated rings. The second kappa shape index (κ2) is 5.49. The number of hydrogen-bond acceptors (Lipinski definition) is 5. The molecule has 6 heteroatoms. The summed E-state index contributed by atoms with van der Waals surface area (Å²) in [5, 5.41) is 0. The maximum absolute atomic E-state index is 5.64. The Kier molecular flexibility index (Phi) is 3.91. The fourth-order valence-electron chi connectivity index (χ4n) is 2.99. The Hall–Kier alpha value is -0.470. The molecule has 0 radical (unpaired) electrons. The largest absolute Gasteiger partial charge is 0.377 e. The van der Waals surface area contributed by atoms with E-state index in [2.05, 4.69) is 62.5 Å². The standard InChI is InChI=1S/C13H19IN4O/c1-17(2)6-9-5-12(16-13(14)15-9)18-10-3-4-11(18)8-19-7-10/h5,10-11H,3-4,6-8H2,1-2H3. The Labute approximate surface area is 127 Å². The van der Waals surface area contributed by atoms with Crippen molar-refractivity contribution < 1.29 is 4.74 Å². The summed E-state index contributed by atoms with van der Waals surface area (Å²) in [7, 11) is 4.13. The van der Waals surface area contributed by atoms with E-state index in [1.54, 1.807) is 0 Å². The zero-order valence-electron chi connectivity index (χ0n) is 11.3. The number of fused-ring (bicyclic) bond motifs is 2. The van der Waals surface area contributed by atoms with Crippen molar-refractivity contribution in [2.45, 2.75) is 31.5 Å². The highest BCUT2D eigenvalue weighted by atomic mass is 127. The maximum Gasteiger partial charge on any atom is 0.192 e. The maximum atomic E-state index is 5.64. The first-order chi connectivity index (χ1) is 9.13. The fourth-order valence-corrected chi connectivity index (χ4v) is 3.55. The van der Waals surface area contributed by atoms with Crippen LogP contribution < -0.4 is 4.90 Å². The molecule has 104 valence electrons. The fraction of sp³-hybridized carbons (Fsp3) is 0.692. The molecule has 1 aromatic heterocycles. The molecular weight excluding hydrogens is 355 g/mol. The molecule has 2 bridgehead atoms. The van der Waals surface area contributed by atoms with E-state index in [4.69, 9.17) is 4.74 Å². The molecule has 2 unspecified atom stereocenters. The Morgan fingerprint density at radius 1 is 1.32 bits per heavy atom. The lowest BCUT2D eigenvalue weighted by Crippen LogP contribution is -2.46. The van der Waals surface area contributed by atoms with Crippen LogP contribution in [-0.2, 0) is 11.3 Å². The van der Waals surface area contributed by atoms with Gasteiger partial charge in [0.05, 0.1) is 31.0 Å². The van der Waals surface area contributed by atoms with Crippen molar-refractivity contribution in [1.29, 1.82) is 0 Å². The second-order valence-electron chi connectivity index (χ2n) is 5.55. The predicted octanol–water partition coefficient (Wildman–Crippen LogP) is 1.51. The summed E-state index contributed by atoms with van der Waals surface area (Å²) in [6, 6.07) is 3.13. The molecule has 0 aliphatic carbocycles. The van der Waals surface area contributed by atoms with Crippen molar-refractivity contribution in [3.63, 3.8) is 0 Å². The minimum Gasteiger partial charge on any atom is -0.377 e. The van der Waals surface area contributed by atoms with Crippen LogP contribution in [0.3, 0.4) is 0 Å². The van der Waals surface area contributed by atoms with Gasteiger partial charge in [-0.15, -0.1) is 0 Å². The molecule has 3 heterocycles. The summed E-state index contributed by atoms with van der Waals surface area (Å²) < 4.78 is 6.47. The van der Waals surface area contributed by atoms with Crippen LogP contribution in [-0.4, -0.2) is 54.3 Å². The van der Waals surface area contributed by atoms with Crippen molar-refractivity contribution >= 4 is 28.4 Å². The zero-order chi connectivity index (χ0) is 13.4. The van der Waals surface area contributed by atoms with Gasteiger partial charge in [-0.25, -0.2) is 9.97 Å². The average molecular weight is 374 g/mol. The quantitative estimate of drug-likeness (QED) is 0.593. The minimum atomic E-state index is 0.497. The Morgan fingerprint density at radius 3 is 2.63 bits per heavy atom. The molecule has 1 aromatic rings. The van der Waals surface area contributed by atoms with Crippen molar-refractivity contribution in [2.24, 2.45) is 0 Å². The molecule has 0 aromatic carbocycles. The molecule has 2 atom stereocenters. The highest BCUT2D eigenvalue weighted by Crippen LogP contribution is 2.33.